The van der Waals surface area contributed by atoms with Gasteiger partial charge in [-0.2, -0.15) is 0 Å². The number of carbonyl (C=O) groups excluding carboxylic acids is 3. The van der Waals surface area contributed by atoms with Crippen molar-refractivity contribution >= 4 is 29.3 Å². The summed E-state index contributed by atoms with van der Waals surface area (Å²) in [5, 5.41) is 15.9. The zero-order valence-electron chi connectivity index (χ0n) is 24.5. The molecule has 1 heterocycles. The van der Waals surface area contributed by atoms with Gasteiger partial charge in [0.1, 0.15) is 24.4 Å². The molecule has 1 unspecified atom stereocenters. The van der Waals surface area contributed by atoms with Crippen LogP contribution in [0.4, 0.5) is 0 Å². The molecule has 9 nitrogen and oxygen atoms in total. The van der Waals surface area contributed by atoms with E-state index in [9.17, 15) is 14.4 Å². The van der Waals surface area contributed by atoms with E-state index in [1.165, 1.54) is 0 Å². The quantitative estimate of drug-likeness (QED) is 0.355. The molecule has 0 saturated carbocycles. The predicted molar refractivity (Wildman–Crippen MR) is 162 cm³/mol. The Morgan fingerprint density at radius 2 is 1.63 bits per heavy atom. The van der Waals surface area contributed by atoms with Gasteiger partial charge < -0.3 is 31.3 Å². The fraction of sp³-hybridized carbons (Fsp3) is 0.516. The van der Waals surface area contributed by atoms with Crippen molar-refractivity contribution in [2.75, 3.05) is 26.2 Å². The number of rotatable bonds is 6. The topological polar surface area (TPSA) is 121 Å². The van der Waals surface area contributed by atoms with Gasteiger partial charge in [0.05, 0.1) is 6.04 Å². The molecule has 0 radical (unpaired) electrons. The first kappa shape index (κ1) is 32.4. The Balaban J connectivity index is 1.86. The van der Waals surface area contributed by atoms with E-state index >= 15 is 0 Å². The van der Waals surface area contributed by atoms with E-state index < -0.39 is 24.0 Å². The smallest absolute Gasteiger partial charge is 0.243 e. The number of aryl methyl sites for hydroxylation is 1. The third-order valence-corrected chi connectivity index (χ3v) is 7.18. The Bertz CT molecular complexity index is 1140. The number of ether oxygens (including phenoxy) is 1. The van der Waals surface area contributed by atoms with Crippen molar-refractivity contribution in [1.82, 2.24) is 26.6 Å². The van der Waals surface area contributed by atoms with Gasteiger partial charge in [0.15, 0.2) is 0 Å². The highest BCUT2D eigenvalue weighted by molar-refractivity contribution is 6.30. The fourth-order valence-corrected chi connectivity index (χ4v) is 4.71. The molecule has 224 valence electrons. The number of fused-ring (bicyclic) bond motifs is 1. The number of halogens is 1. The van der Waals surface area contributed by atoms with E-state index in [2.05, 4.69) is 26.6 Å². The molecule has 3 atom stereocenters. The van der Waals surface area contributed by atoms with Crippen LogP contribution in [0, 0.1) is 5.92 Å². The second kappa shape index (κ2) is 16.3. The summed E-state index contributed by atoms with van der Waals surface area (Å²) in [5.41, 5.74) is 1.97. The van der Waals surface area contributed by atoms with Crippen molar-refractivity contribution in [2.45, 2.75) is 71.1 Å². The lowest BCUT2D eigenvalue weighted by Gasteiger charge is -2.28. The summed E-state index contributed by atoms with van der Waals surface area (Å²) in [7, 11) is 0. The molecular formula is C31H44ClN5O4. The summed E-state index contributed by atoms with van der Waals surface area (Å²) in [6, 6.07) is 13.1. The predicted octanol–water partition coefficient (Wildman–Crippen LogP) is 2.61. The first-order valence-corrected chi connectivity index (χ1v) is 14.8. The summed E-state index contributed by atoms with van der Waals surface area (Å²) in [6.45, 7) is 9.20. The third-order valence-electron chi connectivity index (χ3n) is 6.92. The molecule has 0 saturated heterocycles. The van der Waals surface area contributed by atoms with Gasteiger partial charge in [-0.15, -0.1) is 0 Å². The summed E-state index contributed by atoms with van der Waals surface area (Å²) >= 11 is 6.06. The SMILES string of the molecule is CC(C)NCC1NC(=O)[C@@H](C(C)C)NC(=O)[C@@H](Cc2ccc(Cl)cc2)NCCOc2ccccc2CCCNC1=O. The minimum absolute atomic E-state index is 0.129. The molecule has 1 aliphatic rings. The van der Waals surface area contributed by atoms with E-state index in [1.807, 2.05) is 64.1 Å². The molecule has 2 aromatic carbocycles. The summed E-state index contributed by atoms with van der Waals surface area (Å²) in [4.78, 5) is 40.2. The van der Waals surface area contributed by atoms with Crippen LogP contribution in [-0.4, -0.2) is 68.1 Å². The number of benzene rings is 2. The molecule has 1 aliphatic heterocycles. The lowest BCUT2D eigenvalue weighted by atomic mass is 10.0. The lowest BCUT2D eigenvalue weighted by molar-refractivity contribution is -0.133. The monoisotopic (exact) mass is 585 g/mol. The molecule has 0 bridgehead atoms. The maximum Gasteiger partial charge on any atom is 0.243 e. The lowest BCUT2D eigenvalue weighted by Crippen LogP contribution is -2.60. The zero-order valence-corrected chi connectivity index (χ0v) is 25.2. The van der Waals surface area contributed by atoms with Crippen LogP contribution in [0.15, 0.2) is 48.5 Å². The average molecular weight is 586 g/mol. The number of nitrogens with one attached hydrogen (secondary N) is 5. The number of amides is 3. The van der Waals surface area contributed by atoms with Gasteiger partial charge in [-0.05, 0) is 54.5 Å². The van der Waals surface area contributed by atoms with Crippen LogP contribution in [0.2, 0.25) is 5.02 Å². The molecule has 0 aliphatic carbocycles. The third kappa shape index (κ3) is 10.6. The molecular weight excluding hydrogens is 542 g/mol. The molecule has 2 aromatic rings. The average Bonchev–Trinajstić information content (AvgIpc) is 2.94. The Kier molecular flexibility index (Phi) is 12.9. The van der Waals surface area contributed by atoms with Crippen LogP contribution < -0.4 is 31.3 Å². The second-order valence-corrected chi connectivity index (χ2v) is 11.5. The van der Waals surface area contributed by atoms with Crippen molar-refractivity contribution in [3.8, 4) is 5.75 Å². The van der Waals surface area contributed by atoms with E-state index in [4.69, 9.17) is 16.3 Å². The number of para-hydroxylation sites is 1. The molecule has 5 N–H and O–H groups in total. The highest BCUT2D eigenvalue weighted by Crippen LogP contribution is 2.19. The zero-order chi connectivity index (χ0) is 29.8. The van der Waals surface area contributed by atoms with Crippen LogP contribution in [0.1, 0.15) is 45.2 Å². The van der Waals surface area contributed by atoms with Crippen molar-refractivity contribution < 1.29 is 19.1 Å². The van der Waals surface area contributed by atoms with Gasteiger partial charge in [-0.25, -0.2) is 0 Å². The molecule has 3 amide bonds. The summed E-state index contributed by atoms with van der Waals surface area (Å²) < 4.78 is 6.08. The van der Waals surface area contributed by atoms with Gasteiger partial charge in [0.25, 0.3) is 0 Å². The molecule has 3 rings (SSSR count). The summed E-state index contributed by atoms with van der Waals surface area (Å²) in [6.07, 6.45) is 1.84. The van der Waals surface area contributed by atoms with Crippen LogP contribution in [-0.2, 0) is 27.2 Å². The maximum atomic E-state index is 13.6. The Labute approximate surface area is 248 Å². The Hall–Kier alpha value is -3.14. The minimum Gasteiger partial charge on any atom is -0.492 e. The van der Waals surface area contributed by atoms with Crippen molar-refractivity contribution in [3.63, 3.8) is 0 Å². The van der Waals surface area contributed by atoms with Crippen LogP contribution in [0.25, 0.3) is 0 Å². The van der Waals surface area contributed by atoms with E-state index in [-0.39, 0.29) is 30.3 Å². The molecule has 41 heavy (non-hydrogen) atoms. The van der Waals surface area contributed by atoms with Gasteiger partial charge in [0.2, 0.25) is 17.7 Å². The molecule has 0 aromatic heterocycles. The van der Waals surface area contributed by atoms with Crippen LogP contribution in [0.5, 0.6) is 5.75 Å². The second-order valence-electron chi connectivity index (χ2n) is 11.0. The van der Waals surface area contributed by atoms with Crippen molar-refractivity contribution in [3.05, 3.63) is 64.7 Å². The van der Waals surface area contributed by atoms with Gasteiger partial charge >= 0.3 is 0 Å². The van der Waals surface area contributed by atoms with Crippen LogP contribution >= 0.6 is 11.6 Å². The van der Waals surface area contributed by atoms with E-state index in [0.717, 1.165) is 29.7 Å². The van der Waals surface area contributed by atoms with Crippen molar-refractivity contribution in [2.24, 2.45) is 5.92 Å². The Morgan fingerprint density at radius 3 is 2.34 bits per heavy atom. The number of hydrogen-bond acceptors (Lipinski definition) is 6. The molecule has 0 fully saturated rings. The van der Waals surface area contributed by atoms with Crippen molar-refractivity contribution in [1.29, 1.82) is 0 Å². The fourth-order valence-electron chi connectivity index (χ4n) is 4.59. The molecule has 0 spiro atoms. The maximum absolute atomic E-state index is 13.6. The highest BCUT2D eigenvalue weighted by atomic mass is 35.5. The minimum atomic E-state index is -0.826. The van der Waals surface area contributed by atoms with Gasteiger partial charge in [0, 0.05) is 30.7 Å². The normalized spacial score (nSPS) is 21.6. The standard InChI is InChI=1S/C31H44ClN5O4/c1-20(2)28-31(40)36-26(19-35-21(3)4)29(38)34-15-7-9-23-8-5-6-10-27(23)41-17-16-33-25(30(39)37-28)18-22-11-13-24(32)14-12-22/h5-6,8,10-14,20-21,25-26,28,33,35H,7,9,15-19H2,1-4H3,(H,34,38)(H,36,40)(H,37,39)/t25-,26?,28-/m1/s1. The largest absolute Gasteiger partial charge is 0.492 e. The Morgan fingerprint density at radius 1 is 0.902 bits per heavy atom. The number of hydrogen-bond donors (Lipinski definition) is 5. The van der Waals surface area contributed by atoms with Gasteiger partial charge in [-0.3, -0.25) is 14.4 Å². The van der Waals surface area contributed by atoms with E-state index in [0.29, 0.717) is 31.1 Å². The first-order valence-electron chi connectivity index (χ1n) is 14.4. The van der Waals surface area contributed by atoms with Crippen LogP contribution in [0.3, 0.4) is 0 Å². The van der Waals surface area contributed by atoms with Gasteiger partial charge in [-0.1, -0.05) is 69.6 Å². The molecule has 10 heteroatoms. The summed E-state index contributed by atoms with van der Waals surface area (Å²) in [5.74, 6) is -0.401. The van der Waals surface area contributed by atoms with E-state index in [1.54, 1.807) is 12.1 Å². The number of carbonyl (C=O) groups is 3. The highest BCUT2D eigenvalue weighted by Gasteiger charge is 2.31. The first-order chi connectivity index (χ1) is 19.6.